The van der Waals surface area contributed by atoms with Crippen LogP contribution < -0.4 is 10.6 Å². The van der Waals surface area contributed by atoms with Crippen molar-refractivity contribution in [3.63, 3.8) is 0 Å². The second-order valence-corrected chi connectivity index (χ2v) is 3.66. The number of rotatable bonds is 6. The molecule has 17 heavy (non-hydrogen) atoms. The topological polar surface area (TPSA) is 62.7 Å². The summed E-state index contributed by atoms with van der Waals surface area (Å²) in [6.07, 6.45) is 2.25. The Morgan fingerprint density at radius 1 is 1.41 bits per heavy atom. The highest BCUT2D eigenvalue weighted by Crippen LogP contribution is 1.94. The molecule has 0 aromatic heterocycles. The molecule has 102 valence electrons. The average Bonchev–Trinajstić information content (AvgIpc) is 2.32. The zero-order chi connectivity index (χ0) is 12.4. The van der Waals surface area contributed by atoms with Gasteiger partial charge >= 0.3 is 5.97 Å². The van der Waals surface area contributed by atoms with Gasteiger partial charge in [0.05, 0.1) is 13.0 Å². The largest absolute Gasteiger partial charge is 0.469 e. The third-order valence-electron chi connectivity index (χ3n) is 2.23. The Hall–Kier alpha value is -0.530. The molecule has 6 heteroatoms. The highest BCUT2D eigenvalue weighted by atomic mass is 127. The number of hydrogen-bond acceptors (Lipinski definition) is 3. The Morgan fingerprint density at radius 3 is 2.53 bits per heavy atom. The highest BCUT2D eigenvalue weighted by molar-refractivity contribution is 14.0. The first kappa shape index (κ1) is 18.8. The molecule has 0 rings (SSSR count). The summed E-state index contributed by atoms with van der Waals surface area (Å²) in [6.45, 7) is 5.37. The van der Waals surface area contributed by atoms with Crippen LogP contribution in [0.25, 0.3) is 0 Å². The molecule has 0 aromatic carbocycles. The van der Waals surface area contributed by atoms with Crippen molar-refractivity contribution in [2.75, 3.05) is 27.2 Å². The van der Waals surface area contributed by atoms with Gasteiger partial charge in [-0.1, -0.05) is 20.3 Å². The first-order valence-corrected chi connectivity index (χ1v) is 5.68. The van der Waals surface area contributed by atoms with Crippen molar-refractivity contribution in [3.05, 3.63) is 0 Å². The van der Waals surface area contributed by atoms with Gasteiger partial charge in [-0.25, -0.2) is 0 Å². The summed E-state index contributed by atoms with van der Waals surface area (Å²) in [6, 6.07) is 0. The van der Waals surface area contributed by atoms with Gasteiger partial charge in [0.25, 0.3) is 0 Å². The van der Waals surface area contributed by atoms with Gasteiger partial charge in [0.15, 0.2) is 5.96 Å². The van der Waals surface area contributed by atoms with E-state index < -0.39 is 0 Å². The number of esters is 1. The number of halogens is 1. The molecule has 0 aliphatic rings. The number of guanidine groups is 1. The van der Waals surface area contributed by atoms with E-state index in [9.17, 15) is 4.79 Å². The monoisotopic (exact) mass is 357 g/mol. The lowest BCUT2D eigenvalue weighted by Gasteiger charge is -2.14. The minimum atomic E-state index is -0.212. The summed E-state index contributed by atoms with van der Waals surface area (Å²) in [4.78, 5) is 15.2. The quantitative estimate of drug-likeness (QED) is 0.248. The molecular formula is C11H24IN3O2. The summed E-state index contributed by atoms with van der Waals surface area (Å²) in [5.74, 6) is 0.343. The smallest absolute Gasteiger partial charge is 0.310 e. The normalized spacial score (nSPS) is 12.4. The van der Waals surface area contributed by atoms with E-state index >= 15 is 0 Å². The number of methoxy groups -OCH3 is 1. The third kappa shape index (κ3) is 9.20. The van der Waals surface area contributed by atoms with Crippen LogP contribution in [0.5, 0.6) is 0 Å². The molecule has 0 bridgehead atoms. The standard InChI is InChI=1S/C11H23N3O2.HI/c1-5-6-7-13-11(12-3)14-8-9(2)10(15)16-4;/h9H,5-8H2,1-4H3,(H2,12,13,14);1H. The second kappa shape index (κ2) is 11.9. The van der Waals surface area contributed by atoms with Crippen LogP contribution in [0.4, 0.5) is 0 Å². The van der Waals surface area contributed by atoms with E-state index in [2.05, 4.69) is 27.3 Å². The van der Waals surface area contributed by atoms with Crippen LogP contribution in [-0.2, 0) is 9.53 Å². The average molecular weight is 357 g/mol. The molecule has 0 aliphatic heterocycles. The number of carbonyl (C=O) groups is 1. The van der Waals surface area contributed by atoms with E-state index in [0.29, 0.717) is 6.54 Å². The van der Waals surface area contributed by atoms with Gasteiger partial charge in [0.2, 0.25) is 0 Å². The Labute approximate surface area is 121 Å². The summed E-state index contributed by atoms with van der Waals surface area (Å²) >= 11 is 0. The van der Waals surface area contributed by atoms with Crippen molar-refractivity contribution in [3.8, 4) is 0 Å². The van der Waals surface area contributed by atoms with Crippen LogP contribution >= 0.6 is 24.0 Å². The molecule has 0 spiro atoms. The van der Waals surface area contributed by atoms with Crippen LogP contribution in [0, 0.1) is 5.92 Å². The zero-order valence-electron chi connectivity index (χ0n) is 11.1. The maximum absolute atomic E-state index is 11.2. The Kier molecular flexibility index (Phi) is 13.2. The molecule has 0 fully saturated rings. The maximum Gasteiger partial charge on any atom is 0.310 e. The molecule has 0 amide bonds. The molecule has 0 radical (unpaired) electrons. The van der Waals surface area contributed by atoms with Gasteiger partial charge in [-0.05, 0) is 6.42 Å². The SMILES string of the molecule is CCCCNC(=NC)NCC(C)C(=O)OC.I. The molecule has 0 saturated carbocycles. The first-order chi connectivity index (χ1) is 7.65. The lowest BCUT2D eigenvalue weighted by molar-refractivity contribution is -0.144. The van der Waals surface area contributed by atoms with Crippen molar-refractivity contribution in [2.24, 2.45) is 10.9 Å². The van der Waals surface area contributed by atoms with E-state index in [1.54, 1.807) is 7.05 Å². The van der Waals surface area contributed by atoms with Gasteiger partial charge in [0.1, 0.15) is 0 Å². The summed E-state index contributed by atoms with van der Waals surface area (Å²) in [5.41, 5.74) is 0. The van der Waals surface area contributed by atoms with E-state index in [1.807, 2.05) is 6.92 Å². The van der Waals surface area contributed by atoms with Crippen LogP contribution in [0.1, 0.15) is 26.7 Å². The van der Waals surface area contributed by atoms with E-state index in [-0.39, 0.29) is 35.9 Å². The number of hydrogen-bond donors (Lipinski definition) is 2. The fourth-order valence-corrected chi connectivity index (χ4v) is 1.14. The molecule has 0 heterocycles. The number of unbranched alkanes of at least 4 members (excludes halogenated alkanes) is 1. The second-order valence-electron chi connectivity index (χ2n) is 3.66. The Bertz CT molecular complexity index is 235. The van der Waals surface area contributed by atoms with Gasteiger partial charge in [-0.15, -0.1) is 24.0 Å². The van der Waals surface area contributed by atoms with Gasteiger partial charge < -0.3 is 15.4 Å². The van der Waals surface area contributed by atoms with Gasteiger partial charge in [-0.2, -0.15) is 0 Å². The summed E-state index contributed by atoms with van der Waals surface area (Å²) < 4.78 is 4.64. The highest BCUT2D eigenvalue weighted by Gasteiger charge is 2.12. The fraction of sp³-hybridized carbons (Fsp3) is 0.818. The molecule has 2 N–H and O–H groups in total. The molecule has 5 nitrogen and oxygen atoms in total. The first-order valence-electron chi connectivity index (χ1n) is 5.68. The minimum Gasteiger partial charge on any atom is -0.469 e. The lowest BCUT2D eigenvalue weighted by Crippen LogP contribution is -2.41. The number of nitrogens with one attached hydrogen (secondary N) is 2. The van der Waals surface area contributed by atoms with Gasteiger partial charge in [0, 0.05) is 20.1 Å². The molecule has 0 aliphatic carbocycles. The molecular weight excluding hydrogens is 333 g/mol. The summed E-state index contributed by atoms with van der Waals surface area (Å²) in [5, 5.41) is 6.25. The van der Waals surface area contributed by atoms with Crippen molar-refractivity contribution >= 4 is 35.9 Å². The molecule has 0 saturated heterocycles. The van der Waals surface area contributed by atoms with Crippen molar-refractivity contribution in [1.29, 1.82) is 0 Å². The fourth-order valence-electron chi connectivity index (χ4n) is 1.14. The molecule has 1 unspecified atom stereocenters. The van der Waals surface area contributed by atoms with E-state index in [4.69, 9.17) is 0 Å². The van der Waals surface area contributed by atoms with Crippen molar-refractivity contribution < 1.29 is 9.53 Å². The van der Waals surface area contributed by atoms with E-state index in [1.165, 1.54) is 7.11 Å². The number of nitrogens with zero attached hydrogens (tertiary/aromatic N) is 1. The van der Waals surface area contributed by atoms with Crippen molar-refractivity contribution in [2.45, 2.75) is 26.7 Å². The van der Waals surface area contributed by atoms with Crippen LogP contribution in [0.2, 0.25) is 0 Å². The molecule has 0 aromatic rings. The van der Waals surface area contributed by atoms with Gasteiger partial charge in [-0.3, -0.25) is 9.79 Å². The Balaban J connectivity index is 0. The summed E-state index contributed by atoms with van der Waals surface area (Å²) in [7, 11) is 3.11. The predicted molar refractivity (Wildman–Crippen MR) is 80.9 cm³/mol. The van der Waals surface area contributed by atoms with E-state index in [0.717, 1.165) is 25.3 Å². The number of aliphatic imine (C=N–C) groups is 1. The maximum atomic E-state index is 11.2. The van der Waals surface area contributed by atoms with Crippen LogP contribution in [0.3, 0.4) is 0 Å². The van der Waals surface area contributed by atoms with Crippen LogP contribution in [0.15, 0.2) is 4.99 Å². The Morgan fingerprint density at radius 2 is 2.06 bits per heavy atom. The number of ether oxygens (including phenoxy) is 1. The number of carbonyl (C=O) groups excluding carboxylic acids is 1. The minimum absolute atomic E-state index is 0. The zero-order valence-corrected chi connectivity index (χ0v) is 13.4. The van der Waals surface area contributed by atoms with Crippen molar-refractivity contribution in [1.82, 2.24) is 10.6 Å². The predicted octanol–water partition coefficient (Wildman–Crippen LogP) is 1.38. The third-order valence-corrected chi connectivity index (χ3v) is 2.23. The molecule has 1 atom stereocenters. The lowest BCUT2D eigenvalue weighted by atomic mass is 10.2. The van der Waals surface area contributed by atoms with Crippen LogP contribution in [-0.4, -0.2) is 39.2 Å².